The zero-order valence-corrected chi connectivity index (χ0v) is 13.9. The van der Waals surface area contributed by atoms with E-state index < -0.39 is 0 Å². The second kappa shape index (κ2) is 7.47. The molecule has 3 rings (SSSR count). The lowest BCUT2D eigenvalue weighted by molar-refractivity contribution is 0.237. The highest BCUT2D eigenvalue weighted by Gasteiger charge is 2.14. The van der Waals surface area contributed by atoms with E-state index in [4.69, 9.17) is 0 Å². The van der Waals surface area contributed by atoms with E-state index in [0.29, 0.717) is 6.54 Å². The molecule has 126 valence electrons. The number of hydrogen-bond donors (Lipinski definition) is 2. The molecule has 2 amide bonds. The molecule has 4 heteroatoms. The Kier molecular flexibility index (Phi) is 5.14. The predicted molar refractivity (Wildman–Crippen MR) is 93.3 cm³/mol. The fourth-order valence-electron chi connectivity index (χ4n) is 3.18. The van der Waals surface area contributed by atoms with Gasteiger partial charge in [0.05, 0.1) is 6.04 Å². The van der Waals surface area contributed by atoms with Crippen molar-refractivity contribution in [2.24, 2.45) is 0 Å². The summed E-state index contributed by atoms with van der Waals surface area (Å²) >= 11 is 0. The zero-order valence-electron chi connectivity index (χ0n) is 13.9. The van der Waals surface area contributed by atoms with Crippen LogP contribution in [0.2, 0.25) is 0 Å². The maximum atomic E-state index is 13.1. The molecule has 1 aliphatic carbocycles. The maximum Gasteiger partial charge on any atom is 0.315 e. The van der Waals surface area contributed by atoms with Gasteiger partial charge in [0.25, 0.3) is 0 Å². The van der Waals surface area contributed by atoms with Crippen LogP contribution in [0.25, 0.3) is 0 Å². The summed E-state index contributed by atoms with van der Waals surface area (Å²) in [5.41, 5.74) is 4.71. The number of benzene rings is 2. The summed E-state index contributed by atoms with van der Waals surface area (Å²) in [5, 5.41) is 5.72. The first-order valence-corrected chi connectivity index (χ1v) is 8.52. The van der Waals surface area contributed by atoms with Crippen LogP contribution in [0, 0.1) is 5.82 Å². The smallest absolute Gasteiger partial charge is 0.315 e. The Hall–Kier alpha value is -2.36. The third kappa shape index (κ3) is 4.13. The van der Waals surface area contributed by atoms with Crippen LogP contribution in [0.4, 0.5) is 9.18 Å². The molecule has 0 aromatic heterocycles. The van der Waals surface area contributed by atoms with Crippen LogP contribution in [0.5, 0.6) is 0 Å². The third-order valence-electron chi connectivity index (χ3n) is 4.56. The van der Waals surface area contributed by atoms with Crippen LogP contribution >= 0.6 is 0 Å². The van der Waals surface area contributed by atoms with Crippen molar-refractivity contribution in [3.8, 4) is 0 Å². The van der Waals surface area contributed by atoms with Crippen molar-refractivity contribution in [1.82, 2.24) is 10.6 Å². The molecule has 1 atom stereocenters. The highest BCUT2D eigenvalue weighted by molar-refractivity contribution is 5.74. The molecule has 1 unspecified atom stereocenters. The number of carbonyl (C=O) groups is 1. The third-order valence-corrected chi connectivity index (χ3v) is 4.56. The van der Waals surface area contributed by atoms with Crippen molar-refractivity contribution < 1.29 is 9.18 Å². The van der Waals surface area contributed by atoms with Crippen LogP contribution in [-0.2, 0) is 19.4 Å². The Labute approximate surface area is 142 Å². The van der Waals surface area contributed by atoms with Crippen LogP contribution in [0.15, 0.2) is 42.5 Å². The second-order valence-electron chi connectivity index (χ2n) is 6.41. The van der Waals surface area contributed by atoms with E-state index >= 15 is 0 Å². The van der Waals surface area contributed by atoms with E-state index in [2.05, 4.69) is 28.8 Å². The van der Waals surface area contributed by atoms with E-state index in [1.807, 2.05) is 6.92 Å². The highest BCUT2D eigenvalue weighted by atomic mass is 19.1. The lowest BCUT2D eigenvalue weighted by atomic mass is 9.89. The molecule has 0 saturated carbocycles. The van der Waals surface area contributed by atoms with E-state index in [-0.39, 0.29) is 17.9 Å². The number of halogens is 1. The van der Waals surface area contributed by atoms with Gasteiger partial charge in [-0.3, -0.25) is 0 Å². The fraction of sp³-hybridized carbons (Fsp3) is 0.350. The minimum absolute atomic E-state index is 0.0651. The molecule has 2 aromatic rings. The van der Waals surface area contributed by atoms with Gasteiger partial charge in [-0.1, -0.05) is 30.3 Å². The molecule has 1 aliphatic rings. The fourth-order valence-corrected chi connectivity index (χ4v) is 3.18. The molecule has 2 N–H and O–H groups in total. The monoisotopic (exact) mass is 326 g/mol. The van der Waals surface area contributed by atoms with Gasteiger partial charge in [0.1, 0.15) is 5.82 Å². The number of urea groups is 1. The van der Waals surface area contributed by atoms with Gasteiger partial charge in [-0.05, 0) is 67.0 Å². The molecule has 0 spiro atoms. The Balaban J connectivity index is 1.56. The zero-order chi connectivity index (χ0) is 16.9. The topological polar surface area (TPSA) is 41.1 Å². The van der Waals surface area contributed by atoms with Gasteiger partial charge in [0.2, 0.25) is 0 Å². The van der Waals surface area contributed by atoms with Crippen LogP contribution in [0.1, 0.15) is 48.1 Å². The Morgan fingerprint density at radius 3 is 2.71 bits per heavy atom. The van der Waals surface area contributed by atoms with Crippen LogP contribution < -0.4 is 10.6 Å². The number of rotatable bonds is 4. The van der Waals surface area contributed by atoms with Crippen molar-refractivity contribution in [3.05, 3.63) is 70.5 Å². The standard InChI is InChI=1S/C20H23FN2O/c1-14(17-10-9-16-6-2-3-7-18(16)12-17)23-20(24)22-13-15-5-4-8-19(21)11-15/h4-5,8-12,14H,2-3,6-7,13H2,1H3,(H2,22,23,24). The first-order chi connectivity index (χ1) is 11.6. The molecule has 24 heavy (non-hydrogen) atoms. The molecule has 0 fully saturated rings. The van der Waals surface area contributed by atoms with Gasteiger partial charge in [-0.25, -0.2) is 9.18 Å². The summed E-state index contributed by atoms with van der Waals surface area (Å²) in [6, 6.07) is 12.4. The van der Waals surface area contributed by atoms with E-state index in [0.717, 1.165) is 24.0 Å². The number of carbonyl (C=O) groups excluding carboxylic acids is 1. The average molecular weight is 326 g/mol. The van der Waals surface area contributed by atoms with Gasteiger partial charge in [-0.15, -0.1) is 0 Å². The Morgan fingerprint density at radius 1 is 1.12 bits per heavy atom. The Bertz CT molecular complexity index is 729. The average Bonchev–Trinajstić information content (AvgIpc) is 2.59. The van der Waals surface area contributed by atoms with E-state index in [1.165, 1.54) is 36.1 Å². The molecular formula is C20H23FN2O. The first kappa shape index (κ1) is 16.5. The normalized spacial score (nSPS) is 14.6. The Morgan fingerprint density at radius 2 is 1.92 bits per heavy atom. The number of nitrogens with one attached hydrogen (secondary N) is 2. The molecule has 0 aliphatic heterocycles. The second-order valence-corrected chi connectivity index (χ2v) is 6.41. The largest absolute Gasteiger partial charge is 0.334 e. The van der Waals surface area contributed by atoms with E-state index in [1.54, 1.807) is 12.1 Å². The number of amides is 2. The summed E-state index contributed by atoms with van der Waals surface area (Å²) in [6.45, 7) is 2.28. The van der Waals surface area contributed by atoms with Crippen molar-refractivity contribution in [1.29, 1.82) is 0 Å². The lowest BCUT2D eigenvalue weighted by Gasteiger charge is -2.20. The number of hydrogen-bond acceptors (Lipinski definition) is 1. The molecule has 0 heterocycles. The minimum Gasteiger partial charge on any atom is -0.334 e. The molecular weight excluding hydrogens is 303 g/mol. The molecule has 0 saturated heterocycles. The summed E-state index contributed by atoms with van der Waals surface area (Å²) < 4.78 is 13.1. The maximum absolute atomic E-state index is 13.1. The van der Waals surface area contributed by atoms with Crippen molar-refractivity contribution in [3.63, 3.8) is 0 Å². The molecule has 2 aromatic carbocycles. The van der Waals surface area contributed by atoms with Crippen LogP contribution in [0.3, 0.4) is 0 Å². The number of fused-ring (bicyclic) bond motifs is 1. The summed E-state index contributed by atoms with van der Waals surface area (Å²) in [4.78, 5) is 12.1. The van der Waals surface area contributed by atoms with Crippen LogP contribution in [-0.4, -0.2) is 6.03 Å². The van der Waals surface area contributed by atoms with Gasteiger partial charge < -0.3 is 10.6 Å². The SMILES string of the molecule is CC(NC(=O)NCc1cccc(F)c1)c1ccc2c(c1)CCCC2. The van der Waals surface area contributed by atoms with Gasteiger partial charge in [-0.2, -0.15) is 0 Å². The van der Waals surface area contributed by atoms with Crippen molar-refractivity contribution >= 4 is 6.03 Å². The quantitative estimate of drug-likeness (QED) is 0.866. The number of aryl methyl sites for hydroxylation is 2. The van der Waals surface area contributed by atoms with Gasteiger partial charge in [0, 0.05) is 6.54 Å². The summed E-state index contributed by atoms with van der Waals surface area (Å²) in [7, 11) is 0. The molecule has 0 radical (unpaired) electrons. The summed E-state index contributed by atoms with van der Waals surface area (Å²) in [6.07, 6.45) is 4.79. The van der Waals surface area contributed by atoms with E-state index in [9.17, 15) is 9.18 Å². The summed E-state index contributed by atoms with van der Waals surface area (Å²) in [5.74, 6) is -0.294. The van der Waals surface area contributed by atoms with Crippen molar-refractivity contribution in [2.45, 2.75) is 45.2 Å². The van der Waals surface area contributed by atoms with Gasteiger partial charge >= 0.3 is 6.03 Å². The first-order valence-electron chi connectivity index (χ1n) is 8.52. The molecule has 0 bridgehead atoms. The minimum atomic E-state index is -0.294. The van der Waals surface area contributed by atoms with Crippen molar-refractivity contribution in [2.75, 3.05) is 0 Å². The predicted octanol–water partition coefficient (Wildman–Crippen LogP) is 4.26. The van der Waals surface area contributed by atoms with Gasteiger partial charge in [0.15, 0.2) is 0 Å². The molecule has 3 nitrogen and oxygen atoms in total. The lowest BCUT2D eigenvalue weighted by Crippen LogP contribution is -2.36. The highest BCUT2D eigenvalue weighted by Crippen LogP contribution is 2.24.